The molecule has 0 aromatic heterocycles. The number of hydrogen-bond donors (Lipinski definition) is 1. The van der Waals surface area contributed by atoms with Crippen molar-refractivity contribution in [1.29, 1.82) is 0 Å². The number of para-hydroxylation sites is 2. The van der Waals surface area contributed by atoms with E-state index in [1.54, 1.807) is 0 Å². The minimum atomic E-state index is -0.725. The van der Waals surface area contributed by atoms with Gasteiger partial charge in [0.15, 0.2) is 0 Å². The molecule has 1 fully saturated rings. The summed E-state index contributed by atoms with van der Waals surface area (Å²) in [6.07, 6.45) is 0.606. The second-order valence-electron chi connectivity index (χ2n) is 3.80. The molecule has 7 heteroatoms. The third kappa shape index (κ3) is 2.45. The van der Waals surface area contributed by atoms with E-state index >= 15 is 0 Å². The van der Waals surface area contributed by atoms with Gasteiger partial charge in [-0.1, -0.05) is 12.1 Å². The van der Waals surface area contributed by atoms with Crippen LogP contribution in [0.2, 0.25) is 0 Å². The van der Waals surface area contributed by atoms with Crippen LogP contribution < -0.4 is 10.1 Å². The zero-order valence-electron chi connectivity index (χ0n) is 9.29. The maximum absolute atomic E-state index is 11.7. The van der Waals surface area contributed by atoms with Crippen molar-refractivity contribution in [1.82, 2.24) is 5.32 Å². The Kier molecular flexibility index (Phi) is 3.22. The summed E-state index contributed by atoms with van der Waals surface area (Å²) in [6.45, 7) is 0. The van der Waals surface area contributed by atoms with Crippen LogP contribution >= 0.6 is 0 Å². The van der Waals surface area contributed by atoms with Gasteiger partial charge in [-0.05, 0) is 12.5 Å². The summed E-state index contributed by atoms with van der Waals surface area (Å²) >= 11 is 0. The molecule has 1 atom stereocenters. The number of nitrogens with zero attached hydrogens (tertiary/aromatic N) is 1. The van der Waals surface area contributed by atoms with Gasteiger partial charge in [0.1, 0.15) is 6.04 Å². The molecule has 2 rings (SSSR count). The lowest BCUT2D eigenvalue weighted by Gasteiger charge is -2.09. The predicted octanol–water partition coefficient (Wildman–Crippen LogP) is 0.779. The average molecular weight is 250 g/mol. The number of nitrogens with one attached hydrogen (secondary N) is 1. The molecule has 1 aromatic carbocycles. The summed E-state index contributed by atoms with van der Waals surface area (Å²) in [7, 11) is 0. The van der Waals surface area contributed by atoms with Gasteiger partial charge in [0.05, 0.1) is 4.92 Å². The van der Waals surface area contributed by atoms with Crippen LogP contribution in [0.1, 0.15) is 12.8 Å². The van der Waals surface area contributed by atoms with Gasteiger partial charge >= 0.3 is 11.7 Å². The smallest absolute Gasteiger partial charge is 0.334 e. The molecule has 0 bridgehead atoms. The number of hydrogen-bond acceptors (Lipinski definition) is 5. The van der Waals surface area contributed by atoms with E-state index in [2.05, 4.69) is 5.32 Å². The Morgan fingerprint density at radius 2 is 2.17 bits per heavy atom. The zero-order valence-corrected chi connectivity index (χ0v) is 9.29. The summed E-state index contributed by atoms with van der Waals surface area (Å²) in [5.41, 5.74) is -0.282. The Balaban J connectivity index is 2.12. The Morgan fingerprint density at radius 3 is 2.78 bits per heavy atom. The number of benzene rings is 1. The monoisotopic (exact) mass is 250 g/mol. The largest absolute Gasteiger partial charge is 0.418 e. The van der Waals surface area contributed by atoms with Crippen molar-refractivity contribution >= 4 is 17.6 Å². The average Bonchev–Trinajstić information content (AvgIpc) is 2.76. The van der Waals surface area contributed by atoms with Crippen molar-refractivity contribution in [2.45, 2.75) is 18.9 Å². The van der Waals surface area contributed by atoms with Crippen LogP contribution in [-0.4, -0.2) is 22.8 Å². The summed E-state index contributed by atoms with van der Waals surface area (Å²) in [5.74, 6) is -1.02. The fourth-order valence-corrected chi connectivity index (χ4v) is 1.66. The van der Waals surface area contributed by atoms with E-state index in [1.807, 2.05) is 0 Å². The van der Waals surface area contributed by atoms with E-state index in [4.69, 9.17) is 4.74 Å². The lowest BCUT2D eigenvalue weighted by Crippen LogP contribution is -2.36. The van der Waals surface area contributed by atoms with Crippen molar-refractivity contribution in [3.63, 3.8) is 0 Å². The first-order valence-corrected chi connectivity index (χ1v) is 5.32. The van der Waals surface area contributed by atoms with Crippen molar-refractivity contribution in [2.24, 2.45) is 0 Å². The highest BCUT2D eigenvalue weighted by Crippen LogP contribution is 2.26. The van der Waals surface area contributed by atoms with Gasteiger partial charge in [0.2, 0.25) is 11.7 Å². The summed E-state index contributed by atoms with van der Waals surface area (Å²) in [6, 6.07) is 4.87. The first kappa shape index (κ1) is 12.0. The molecule has 0 unspecified atom stereocenters. The molecular weight excluding hydrogens is 240 g/mol. The Bertz CT molecular complexity index is 514. The standard InChI is InChI=1S/C11H10N2O5/c14-10-6-5-7(12-10)11(15)18-9-4-2-1-3-8(9)13(16)17/h1-4,7H,5-6H2,(H,12,14)/t7-/m0/s1. The SMILES string of the molecule is O=C1CC[C@@H](C(=O)Oc2ccccc2[N+](=O)[O-])N1. The molecule has 1 heterocycles. The normalized spacial score (nSPS) is 18.2. The van der Waals surface area contributed by atoms with Gasteiger partial charge in [-0.3, -0.25) is 14.9 Å². The molecule has 94 valence electrons. The Labute approximate surface area is 102 Å². The molecule has 1 aliphatic rings. The van der Waals surface area contributed by atoms with Gasteiger partial charge in [-0.25, -0.2) is 4.79 Å². The molecule has 7 nitrogen and oxygen atoms in total. The second kappa shape index (κ2) is 4.82. The highest BCUT2D eigenvalue weighted by Gasteiger charge is 2.30. The van der Waals surface area contributed by atoms with Crippen LogP contribution in [0.25, 0.3) is 0 Å². The minimum Gasteiger partial charge on any atom is -0.418 e. The molecule has 1 aliphatic heterocycles. The van der Waals surface area contributed by atoms with Gasteiger partial charge in [-0.15, -0.1) is 0 Å². The van der Waals surface area contributed by atoms with Crippen LogP contribution in [0.4, 0.5) is 5.69 Å². The van der Waals surface area contributed by atoms with Crippen molar-refractivity contribution in [3.05, 3.63) is 34.4 Å². The number of rotatable bonds is 3. The van der Waals surface area contributed by atoms with Crippen molar-refractivity contribution in [2.75, 3.05) is 0 Å². The summed E-state index contributed by atoms with van der Waals surface area (Å²) in [4.78, 5) is 32.7. The zero-order chi connectivity index (χ0) is 13.1. The fourth-order valence-electron chi connectivity index (χ4n) is 1.66. The maximum atomic E-state index is 11.7. The molecule has 0 spiro atoms. The minimum absolute atomic E-state index is 0.117. The number of ether oxygens (including phenoxy) is 1. The van der Waals surface area contributed by atoms with Crippen LogP contribution in [0.15, 0.2) is 24.3 Å². The topological polar surface area (TPSA) is 98.5 Å². The van der Waals surface area contributed by atoms with E-state index in [-0.39, 0.29) is 23.8 Å². The Hall–Kier alpha value is -2.44. The highest BCUT2D eigenvalue weighted by atomic mass is 16.6. The number of carbonyl (C=O) groups excluding carboxylic acids is 2. The van der Waals surface area contributed by atoms with Crippen molar-refractivity contribution in [3.8, 4) is 5.75 Å². The molecule has 1 aromatic rings. The molecule has 1 amide bonds. The van der Waals surface area contributed by atoms with E-state index in [0.29, 0.717) is 6.42 Å². The predicted molar refractivity (Wildman–Crippen MR) is 59.9 cm³/mol. The third-order valence-electron chi connectivity index (χ3n) is 2.55. The lowest BCUT2D eigenvalue weighted by atomic mass is 10.2. The first-order chi connectivity index (χ1) is 8.58. The lowest BCUT2D eigenvalue weighted by molar-refractivity contribution is -0.385. The van der Waals surface area contributed by atoms with Crippen LogP contribution in [0.5, 0.6) is 5.75 Å². The molecular formula is C11H10N2O5. The first-order valence-electron chi connectivity index (χ1n) is 5.32. The molecule has 0 aliphatic carbocycles. The van der Waals surface area contributed by atoms with Crippen LogP contribution in [0, 0.1) is 10.1 Å². The molecule has 18 heavy (non-hydrogen) atoms. The number of nitro groups is 1. The fraction of sp³-hybridized carbons (Fsp3) is 0.273. The van der Waals surface area contributed by atoms with E-state index in [0.717, 1.165) is 0 Å². The summed E-state index contributed by atoms with van der Waals surface area (Å²) in [5, 5.41) is 13.2. The van der Waals surface area contributed by atoms with Crippen molar-refractivity contribution < 1.29 is 19.2 Å². The molecule has 1 saturated heterocycles. The maximum Gasteiger partial charge on any atom is 0.334 e. The second-order valence-corrected chi connectivity index (χ2v) is 3.80. The number of nitro benzene ring substituents is 1. The van der Waals surface area contributed by atoms with E-state index < -0.39 is 16.9 Å². The van der Waals surface area contributed by atoms with E-state index in [9.17, 15) is 19.7 Å². The number of carbonyl (C=O) groups is 2. The third-order valence-corrected chi connectivity index (χ3v) is 2.55. The van der Waals surface area contributed by atoms with Crippen LogP contribution in [0.3, 0.4) is 0 Å². The van der Waals surface area contributed by atoms with E-state index in [1.165, 1.54) is 24.3 Å². The van der Waals surface area contributed by atoms with Gasteiger partial charge < -0.3 is 10.1 Å². The highest BCUT2D eigenvalue weighted by molar-refractivity contribution is 5.89. The quantitative estimate of drug-likeness (QED) is 0.370. The number of amides is 1. The molecule has 0 saturated carbocycles. The van der Waals surface area contributed by atoms with Gasteiger partial charge in [-0.2, -0.15) is 0 Å². The van der Waals surface area contributed by atoms with Gasteiger partial charge in [0.25, 0.3) is 0 Å². The number of esters is 1. The van der Waals surface area contributed by atoms with Gasteiger partial charge in [0, 0.05) is 12.5 Å². The molecule has 0 radical (unpaired) electrons. The summed E-state index contributed by atoms with van der Waals surface area (Å²) < 4.78 is 4.94. The molecule has 1 N–H and O–H groups in total. The van der Waals surface area contributed by atoms with Crippen LogP contribution in [-0.2, 0) is 9.59 Å². The Morgan fingerprint density at radius 1 is 1.44 bits per heavy atom.